The smallest absolute Gasteiger partial charge is 0.257 e. The van der Waals surface area contributed by atoms with E-state index >= 15 is 0 Å². The Morgan fingerprint density at radius 1 is 1.28 bits per heavy atom. The molecule has 2 heterocycles. The molecule has 1 fully saturated rings. The summed E-state index contributed by atoms with van der Waals surface area (Å²) in [5.41, 5.74) is 1.67. The zero-order valence-electron chi connectivity index (χ0n) is 14.3. The number of ether oxygens (including phenoxy) is 2. The number of amides is 1. The fourth-order valence-electron chi connectivity index (χ4n) is 2.63. The fourth-order valence-corrected chi connectivity index (χ4v) is 2.63. The number of methoxy groups -OCH3 is 1. The zero-order valence-corrected chi connectivity index (χ0v) is 14.3. The minimum Gasteiger partial charge on any atom is -0.497 e. The van der Waals surface area contributed by atoms with Crippen LogP contribution >= 0.6 is 0 Å². The number of benzene rings is 1. The molecule has 0 unspecified atom stereocenters. The van der Waals surface area contributed by atoms with Crippen molar-refractivity contribution in [2.75, 3.05) is 45.3 Å². The molecule has 0 spiro atoms. The van der Waals surface area contributed by atoms with Gasteiger partial charge in [-0.15, -0.1) is 0 Å². The number of anilines is 1. The summed E-state index contributed by atoms with van der Waals surface area (Å²) in [5.74, 6) is 1.31. The van der Waals surface area contributed by atoms with E-state index in [1.165, 1.54) is 5.56 Å². The molecule has 2 aromatic rings. The lowest BCUT2D eigenvalue weighted by Crippen LogP contribution is -2.40. The van der Waals surface area contributed by atoms with Gasteiger partial charge < -0.3 is 19.7 Å². The summed E-state index contributed by atoms with van der Waals surface area (Å²) in [4.78, 5) is 22.6. The number of hydrogen-bond acceptors (Lipinski definition) is 6. The van der Waals surface area contributed by atoms with E-state index in [9.17, 15) is 4.79 Å². The van der Waals surface area contributed by atoms with Crippen molar-refractivity contribution in [2.45, 2.75) is 6.42 Å². The maximum atomic E-state index is 12.3. The molecule has 0 bridgehead atoms. The summed E-state index contributed by atoms with van der Waals surface area (Å²) >= 11 is 0. The number of nitrogens with zero attached hydrogens (tertiary/aromatic N) is 3. The van der Waals surface area contributed by atoms with E-state index in [1.807, 2.05) is 18.2 Å². The van der Waals surface area contributed by atoms with Crippen LogP contribution in [0.1, 0.15) is 15.9 Å². The Hall–Kier alpha value is -2.67. The molecule has 0 saturated carbocycles. The van der Waals surface area contributed by atoms with E-state index in [-0.39, 0.29) is 5.91 Å². The lowest BCUT2D eigenvalue weighted by atomic mass is 10.1. The molecule has 0 radical (unpaired) electrons. The normalized spacial score (nSPS) is 14.2. The minimum absolute atomic E-state index is 0.0498. The number of rotatable bonds is 6. The largest absolute Gasteiger partial charge is 0.497 e. The molecular formula is C18H22N4O3. The van der Waals surface area contributed by atoms with Gasteiger partial charge in [-0.2, -0.15) is 0 Å². The summed E-state index contributed by atoms with van der Waals surface area (Å²) < 4.78 is 10.5. The average molecular weight is 342 g/mol. The Labute approximate surface area is 147 Å². The first kappa shape index (κ1) is 17.2. The van der Waals surface area contributed by atoms with Crippen LogP contribution in [0.25, 0.3) is 0 Å². The van der Waals surface area contributed by atoms with Crippen LogP contribution < -0.4 is 10.1 Å². The van der Waals surface area contributed by atoms with Crippen molar-refractivity contribution in [1.82, 2.24) is 14.9 Å². The average Bonchev–Trinajstić information content (AvgIpc) is 2.69. The number of carbonyl (C=O) groups is 1. The van der Waals surface area contributed by atoms with Gasteiger partial charge in [-0.05, 0) is 24.1 Å². The molecule has 1 aliphatic heterocycles. The number of aromatic nitrogens is 2. The van der Waals surface area contributed by atoms with Crippen molar-refractivity contribution < 1.29 is 14.3 Å². The predicted molar refractivity (Wildman–Crippen MR) is 93.9 cm³/mol. The summed E-state index contributed by atoms with van der Waals surface area (Å²) in [6.45, 7) is 3.08. The van der Waals surface area contributed by atoms with Crippen molar-refractivity contribution in [3.05, 3.63) is 47.8 Å². The van der Waals surface area contributed by atoms with Crippen molar-refractivity contribution in [3.63, 3.8) is 0 Å². The van der Waals surface area contributed by atoms with Crippen LogP contribution in [0.2, 0.25) is 0 Å². The Kier molecular flexibility index (Phi) is 5.79. The van der Waals surface area contributed by atoms with Gasteiger partial charge in [-0.3, -0.25) is 4.79 Å². The number of nitrogens with one attached hydrogen (secondary N) is 1. The summed E-state index contributed by atoms with van der Waals surface area (Å²) in [6.07, 6.45) is 3.96. The summed E-state index contributed by atoms with van der Waals surface area (Å²) in [5, 5.41) is 3.17. The SMILES string of the molecule is COc1cccc(CCNc2ncc(C(=O)N3CCOCC3)cn2)c1. The van der Waals surface area contributed by atoms with E-state index < -0.39 is 0 Å². The van der Waals surface area contributed by atoms with E-state index in [0.29, 0.717) is 44.4 Å². The van der Waals surface area contributed by atoms with Crippen LogP contribution in [0.4, 0.5) is 5.95 Å². The second-order valence-corrected chi connectivity index (χ2v) is 5.73. The van der Waals surface area contributed by atoms with Gasteiger partial charge in [-0.1, -0.05) is 12.1 Å². The first-order valence-electron chi connectivity index (χ1n) is 8.32. The van der Waals surface area contributed by atoms with E-state index in [1.54, 1.807) is 24.4 Å². The van der Waals surface area contributed by atoms with Crippen molar-refractivity contribution in [2.24, 2.45) is 0 Å². The van der Waals surface area contributed by atoms with Gasteiger partial charge >= 0.3 is 0 Å². The molecule has 7 heteroatoms. The fraction of sp³-hybridized carbons (Fsp3) is 0.389. The third kappa shape index (κ3) is 4.67. The maximum Gasteiger partial charge on any atom is 0.257 e. The second-order valence-electron chi connectivity index (χ2n) is 5.73. The van der Waals surface area contributed by atoms with E-state index in [0.717, 1.165) is 12.2 Å². The van der Waals surface area contributed by atoms with Crippen molar-refractivity contribution >= 4 is 11.9 Å². The van der Waals surface area contributed by atoms with E-state index in [4.69, 9.17) is 9.47 Å². The van der Waals surface area contributed by atoms with Crippen LogP contribution in [0, 0.1) is 0 Å². The Morgan fingerprint density at radius 3 is 2.76 bits per heavy atom. The van der Waals surface area contributed by atoms with Crippen LogP contribution in [0.3, 0.4) is 0 Å². The Morgan fingerprint density at radius 2 is 2.04 bits per heavy atom. The third-order valence-corrected chi connectivity index (χ3v) is 4.03. The topological polar surface area (TPSA) is 76.6 Å². The molecule has 1 saturated heterocycles. The van der Waals surface area contributed by atoms with Crippen LogP contribution in [-0.2, 0) is 11.2 Å². The highest BCUT2D eigenvalue weighted by Gasteiger charge is 2.19. The molecule has 0 aliphatic carbocycles. The van der Waals surface area contributed by atoms with Crippen LogP contribution in [0.5, 0.6) is 5.75 Å². The molecule has 1 aromatic heterocycles. The van der Waals surface area contributed by atoms with Crippen LogP contribution in [0.15, 0.2) is 36.7 Å². The van der Waals surface area contributed by atoms with Crippen molar-refractivity contribution in [1.29, 1.82) is 0 Å². The first-order valence-corrected chi connectivity index (χ1v) is 8.32. The number of carbonyl (C=O) groups excluding carboxylic acids is 1. The molecule has 1 amide bonds. The molecule has 25 heavy (non-hydrogen) atoms. The third-order valence-electron chi connectivity index (χ3n) is 4.03. The number of hydrogen-bond donors (Lipinski definition) is 1. The Balaban J connectivity index is 1.51. The molecule has 1 aliphatic rings. The van der Waals surface area contributed by atoms with E-state index in [2.05, 4.69) is 21.4 Å². The van der Waals surface area contributed by atoms with Gasteiger partial charge in [0.15, 0.2) is 0 Å². The highest BCUT2D eigenvalue weighted by Crippen LogP contribution is 2.13. The van der Waals surface area contributed by atoms with Gasteiger partial charge in [0.1, 0.15) is 5.75 Å². The lowest BCUT2D eigenvalue weighted by Gasteiger charge is -2.26. The van der Waals surface area contributed by atoms with Gasteiger partial charge in [0.25, 0.3) is 5.91 Å². The molecule has 132 valence electrons. The molecular weight excluding hydrogens is 320 g/mol. The monoisotopic (exact) mass is 342 g/mol. The Bertz CT molecular complexity index is 700. The van der Waals surface area contributed by atoms with Gasteiger partial charge in [0.05, 0.1) is 25.9 Å². The highest BCUT2D eigenvalue weighted by atomic mass is 16.5. The first-order chi connectivity index (χ1) is 12.3. The quantitative estimate of drug-likeness (QED) is 0.859. The highest BCUT2D eigenvalue weighted by molar-refractivity contribution is 5.93. The molecule has 1 N–H and O–H groups in total. The second kappa shape index (κ2) is 8.43. The zero-order chi connectivity index (χ0) is 17.5. The lowest BCUT2D eigenvalue weighted by molar-refractivity contribution is 0.0302. The summed E-state index contributed by atoms with van der Waals surface area (Å²) in [7, 11) is 1.66. The standard InChI is InChI=1S/C18H22N4O3/c1-24-16-4-2-3-14(11-16)5-6-19-18-20-12-15(13-21-18)17(23)22-7-9-25-10-8-22/h2-4,11-13H,5-10H2,1H3,(H,19,20,21). The maximum absolute atomic E-state index is 12.3. The minimum atomic E-state index is -0.0498. The van der Waals surface area contributed by atoms with Crippen molar-refractivity contribution in [3.8, 4) is 5.75 Å². The van der Waals surface area contributed by atoms with Gasteiger partial charge in [-0.25, -0.2) is 9.97 Å². The molecule has 0 atom stereocenters. The molecule has 7 nitrogen and oxygen atoms in total. The van der Waals surface area contributed by atoms with Gasteiger partial charge in [0.2, 0.25) is 5.95 Å². The van der Waals surface area contributed by atoms with Gasteiger partial charge in [0, 0.05) is 32.0 Å². The predicted octanol–water partition coefficient (Wildman–Crippen LogP) is 1.61. The molecule has 1 aromatic carbocycles. The number of morpholine rings is 1. The molecule has 3 rings (SSSR count). The summed E-state index contributed by atoms with van der Waals surface area (Å²) in [6, 6.07) is 7.95. The van der Waals surface area contributed by atoms with Crippen LogP contribution in [-0.4, -0.2) is 60.7 Å².